The summed E-state index contributed by atoms with van der Waals surface area (Å²) in [7, 11) is 0. The lowest BCUT2D eigenvalue weighted by molar-refractivity contribution is -0.137. The molecule has 0 saturated heterocycles. The van der Waals surface area contributed by atoms with Gasteiger partial charge in [0.2, 0.25) is 0 Å². The fraction of sp³-hybridized carbons (Fsp3) is 0.500. The number of ketones is 2. The molecular weight excluding hydrogens is 427 g/mol. The van der Waals surface area contributed by atoms with Crippen molar-refractivity contribution < 1.29 is 27.6 Å². The van der Waals surface area contributed by atoms with Gasteiger partial charge >= 0.3 is 6.18 Å². The Morgan fingerprint density at radius 3 is 2.45 bits per heavy atom. The predicted molar refractivity (Wildman–Crippen MR) is 107 cm³/mol. The predicted octanol–water partition coefficient (Wildman–Crippen LogP) is 5.59. The molecule has 0 aliphatic heterocycles. The van der Waals surface area contributed by atoms with Crippen molar-refractivity contribution >= 4 is 34.9 Å². The van der Waals surface area contributed by atoms with E-state index in [4.69, 9.17) is 16.4 Å². The van der Waals surface area contributed by atoms with Crippen molar-refractivity contribution in [1.29, 1.82) is 0 Å². The molecule has 0 bridgehead atoms. The number of halogens is 4. The molecule has 0 spiro atoms. The van der Waals surface area contributed by atoms with E-state index in [9.17, 15) is 22.8 Å². The fourth-order valence-corrected chi connectivity index (χ4v) is 4.39. The number of benzene rings is 1. The summed E-state index contributed by atoms with van der Waals surface area (Å²) in [5.74, 6) is -0.0516. The molecule has 0 atom stereocenters. The lowest BCUT2D eigenvalue weighted by atomic mass is 9.81. The van der Waals surface area contributed by atoms with Crippen molar-refractivity contribution in [2.24, 2.45) is 5.92 Å². The standard InChI is InChI=1S/C20H23ClF3NO3S/c1-3-16(25-28-4-2)19-17(26)9-12(10-18(19)27)7-8-29-13-5-6-15(21)14(11-13)20(22,23)24/h5-6,11-12,25H,3-4,7-10H2,1-2H3. The van der Waals surface area contributed by atoms with Crippen molar-refractivity contribution in [1.82, 2.24) is 5.48 Å². The van der Waals surface area contributed by atoms with E-state index in [1.54, 1.807) is 6.92 Å². The molecule has 1 aromatic rings. The van der Waals surface area contributed by atoms with Crippen LogP contribution in [0.1, 0.15) is 45.1 Å². The second-order valence-electron chi connectivity index (χ2n) is 6.64. The second-order valence-corrected chi connectivity index (χ2v) is 8.21. The molecule has 1 saturated carbocycles. The quantitative estimate of drug-likeness (QED) is 0.242. The maximum Gasteiger partial charge on any atom is 0.417 e. The number of allylic oxidation sites excluding steroid dienone is 2. The summed E-state index contributed by atoms with van der Waals surface area (Å²) >= 11 is 6.88. The van der Waals surface area contributed by atoms with E-state index < -0.39 is 11.7 Å². The van der Waals surface area contributed by atoms with Crippen LogP contribution in [-0.2, 0) is 20.6 Å². The first-order valence-corrected chi connectivity index (χ1v) is 10.7. The first-order chi connectivity index (χ1) is 13.7. The molecule has 0 heterocycles. The third-order valence-electron chi connectivity index (χ3n) is 4.54. The molecule has 0 radical (unpaired) electrons. The minimum Gasteiger partial charge on any atom is -0.294 e. The zero-order valence-corrected chi connectivity index (χ0v) is 17.8. The van der Waals surface area contributed by atoms with E-state index in [1.807, 2.05) is 6.92 Å². The van der Waals surface area contributed by atoms with E-state index in [0.29, 0.717) is 35.8 Å². The van der Waals surface area contributed by atoms with Gasteiger partial charge in [0.05, 0.1) is 28.5 Å². The topological polar surface area (TPSA) is 55.4 Å². The molecule has 9 heteroatoms. The van der Waals surface area contributed by atoms with Crippen LogP contribution >= 0.6 is 23.4 Å². The van der Waals surface area contributed by atoms with E-state index >= 15 is 0 Å². The molecule has 2 rings (SSSR count). The van der Waals surface area contributed by atoms with Crippen LogP contribution < -0.4 is 5.48 Å². The van der Waals surface area contributed by atoms with Crippen molar-refractivity contribution in [3.63, 3.8) is 0 Å². The number of thioether (sulfide) groups is 1. The summed E-state index contributed by atoms with van der Waals surface area (Å²) in [5.41, 5.74) is 2.49. The molecular formula is C20H23ClF3NO3S. The Kier molecular flexibility index (Phi) is 8.60. The van der Waals surface area contributed by atoms with Crippen LogP contribution in [0.15, 0.2) is 34.4 Å². The molecule has 0 unspecified atom stereocenters. The molecule has 4 nitrogen and oxygen atoms in total. The molecule has 160 valence electrons. The lowest BCUT2D eigenvalue weighted by Gasteiger charge is -2.24. The average Bonchev–Trinajstić information content (AvgIpc) is 2.64. The summed E-state index contributed by atoms with van der Waals surface area (Å²) in [6.45, 7) is 4.03. The molecule has 29 heavy (non-hydrogen) atoms. The van der Waals surface area contributed by atoms with Crippen LogP contribution in [0.3, 0.4) is 0 Å². The molecule has 0 aromatic heterocycles. The Bertz CT molecular complexity index is 776. The van der Waals surface area contributed by atoms with Gasteiger partial charge in [0.15, 0.2) is 11.6 Å². The van der Waals surface area contributed by atoms with Crippen LogP contribution in [0, 0.1) is 5.92 Å². The van der Waals surface area contributed by atoms with Crippen molar-refractivity contribution in [3.05, 3.63) is 40.1 Å². The van der Waals surface area contributed by atoms with Crippen LogP contribution in [0.2, 0.25) is 5.02 Å². The first kappa shape index (κ1) is 23.8. The molecule has 1 fully saturated rings. The van der Waals surface area contributed by atoms with Gasteiger partial charge in [0.25, 0.3) is 0 Å². The number of Topliss-reactive ketones (excluding diaryl/α,β-unsaturated/α-hetero) is 2. The lowest BCUT2D eigenvalue weighted by Crippen LogP contribution is -2.30. The number of alkyl halides is 3. The summed E-state index contributed by atoms with van der Waals surface area (Å²) in [4.78, 5) is 30.5. The van der Waals surface area contributed by atoms with Crippen molar-refractivity contribution in [3.8, 4) is 0 Å². The van der Waals surface area contributed by atoms with Gasteiger partial charge in [0, 0.05) is 17.7 Å². The number of nitrogens with one attached hydrogen (secondary N) is 1. The number of hydrogen-bond donors (Lipinski definition) is 1. The highest BCUT2D eigenvalue weighted by atomic mass is 35.5. The Hall–Kier alpha value is -1.51. The minimum absolute atomic E-state index is 0.120. The van der Waals surface area contributed by atoms with Crippen molar-refractivity contribution in [2.45, 2.75) is 50.6 Å². The highest BCUT2D eigenvalue weighted by Crippen LogP contribution is 2.37. The van der Waals surface area contributed by atoms with Crippen molar-refractivity contribution in [2.75, 3.05) is 12.4 Å². The molecule has 0 amide bonds. The Balaban J connectivity index is 1.96. The number of carbonyl (C=O) groups excluding carboxylic acids is 2. The summed E-state index contributed by atoms with van der Waals surface area (Å²) in [5, 5.41) is -0.336. The summed E-state index contributed by atoms with van der Waals surface area (Å²) in [6.07, 6.45) is -2.99. The number of hydroxylamine groups is 1. The SMILES string of the molecule is CCONC(CC)=C1C(=O)CC(CCSc2ccc(Cl)c(C(F)(F)F)c2)CC1=O. The van der Waals surface area contributed by atoms with E-state index in [1.165, 1.54) is 23.9 Å². The highest BCUT2D eigenvalue weighted by Gasteiger charge is 2.34. The Labute approximate surface area is 177 Å². The van der Waals surface area contributed by atoms with Crippen LogP contribution in [0.5, 0.6) is 0 Å². The number of hydrogen-bond acceptors (Lipinski definition) is 5. The van der Waals surface area contributed by atoms with E-state index in [0.717, 1.165) is 6.07 Å². The van der Waals surface area contributed by atoms with Gasteiger partial charge in [-0.25, -0.2) is 0 Å². The Morgan fingerprint density at radius 1 is 1.24 bits per heavy atom. The average molecular weight is 450 g/mol. The summed E-state index contributed by atoms with van der Waals surface area (Å²) < 4.78 is 38.8. The van der Waals surface area contributed by atoms with Gasteiger partial charge in [-0.3, -0.25) is 19.9 Å². The number of carbonyl (C=O) groups is 2. The molecule has 1 aliphatic carbocycles. The highest BCUT2D eigenvalue weighted by molar-refractivity contribution is 7.99. The molecule has 1 N–H and O–H groups in total. The maximum absolute atomic E-state index is 12.9. The molecule has 1 aliphatic rings. The smallest absolute Gasteiger partial charge is 0.294 e. The van der Waals surface area contributed by atoms with Gasteiger partial charge < -0.3 is 0 Å². The van der Waals surface area contributed by atoms with E-state index in [-0.39, 0.29) is 40.9 Å². The van der Waals surface area contributed by atoms with Crippen LogP contribution in [0.25, 0.3) is 0 Å². The normalized spacial score (nSPS) is 17.6. The van der Waals surface area contributed by atoms with Gasteiger partial charge in [-0.15, -0.1) is 11.8 Å². The largest absolute Gasteiger partial charge is 0.417 e. The van der Waals surface area contributed by atoms with Gasteiger partial charge in [0.1, 0.15) is 0 Å². The zero-order valence-electron chi connectivity index (χ0n) is 16.2. The monoisotopic (exact) mass is 449 g/mol. The number of rotatable bonds is 8. The van der Waals surface area contributed by atoms with E-state index in [2.05, 4.69) is 5.48 Å². The van der Waals surface area contributed by atoms with Gasteiger partial charge in [-0.1, -0.05) is 18.5 Å². The summed E-state index contributed by atoms with van der Waals surface area (Å²) in [6, 6.07) is 3.79. The first-order valence-electron chi connectivity index (χ1n) is 9.34. The second kappa shape index (κ2) is 10.5. The van der Waals surface area contributed by atoms with Crippen LogP contribution in [-0.4, -0.2) is 23.9 Å². The zero-order chi connectivity index (χ0) is 21.6. The van der Waals surface area contributed by atoms with Gasteiger partial charge in [-0.2, -0.15) is 13.2 Å². The molecule has 1 aromatic carbocycles. The Morgan fingerprint density at radius 2 is 1.90 bits per heavy atom. The third-order valence-corrected chi connectivity index (χ3v) is 5.90. The van der Waals surface area contributed by atoms with Crippen LogP contribution in [0.4, 0.5) is 13.2 Å². The third kappa shape index (κ3) is 6.49. The minimum atomic E-state index is -4.51. The fourth-order valence-electron chi connectivity index (χ4n) is 3.11. The van der Waals surface area contributed by atoms with Gasteiger partial charge in [-0.05, 0) is 49.6 Å². The maximum atomic E-state index is 12.9.